The van der Waals surface area contributed by atoms with E-state index < -0.39 is 0 Å². The summed E-state index contributed by atoms with van der Waals surface area (Å²) in [6.07, 6.45) is 0.260. The maximum atomic E-state index is 10.9. The van der Waals surface area contributed by atoms with E-state index in [1.165, 1.54) is 4.90 Å². The van der Waals surface area contributed by atoms with Crippen LogP contribution < -0.4 is 0 Å². The van der Waals surface area contributed by atoms with Crippen LogP contribution in [0.15, 0.2) is 0 Å². The Kier molecular flexibility index (Phi) is 2.04. The highest BCUT2D eigenvalue weighted by molar-refractivity contribution is 5.70. The maximum Gasteiger partial charge on any atom is 0.410 e. The first kappa shape index (κ1) is 8.33. The monoisotopic (exact) mass is 159 g/mol. The number of carbonyl (C=O) groups is 1. The van der Waals surface area contributed by atoms with Crippen molar-refractivity contribution in [1.29, 1.82) is 0 Å². The first-order valence-corrected chi connectivity index (χ1v) is 3.61. The lowest BCUT2D eigenvalue weighted by molar-refractivity contribution is 0.156. The average molecular weight is 159 g/mol. The van der Waals surface area contributed by atoms with Crippen molar-refractivity contribution in [2.24, 2.45) is 0 Å². The fourth-order valence-electron chi connectivity index (χ4n) is 1.11. The Morgan fingerprint density at radius 2 is 2.45 bits per heavy atom. The van der Waals surface area contributed by atoms with Gasteiger partial charge in [0.15, 0.2) is 0 Å². The predicted molar refractivity (Wildman–Crippen MR) is 39.2 cm³/mol. The van der Waals surface area contributed by atoms with Crippen LogP contribution in [-0.2, 0) is 4.74 Å². The van der Waals surface area contributed by atoms with Crippen molar-refractivity contribution in [3.8, 4) is 0 Å². The molecule has 0 aromatic heterocycles. The fourth-order valence-corrected chi connectivity index (χ4v) is 1.11. The third-order valence-corrected chi connectivity index (χ3v) is 2.24. The molecule has 0 aromatic carbocycles. The third kappa shape index (κ3) is 1.30. The minimum absolute atomic E-state index is 0.0808. The van der Waals surface area contributed by atoms with Gasteiger partial charge in [0.05, 0.1) is 5.54 Å². The Balaban J connectivity index is 2.64. The summed E-state index contributed by atoms with van der Waals surface area (Å²) < 4.78 is 4.81. The molecule has 1 fully saturated rings. The largest absolute Gasteiger partial charge is 0.447 e. The molecule has 0 radical (unpaired) electrons. The highest BCUT2D eigenvalue weighted by Crippen LogP contribution is 2.24. The van der Waals surface area contributed by atoms with Gasteiger partial charge in [-0.2, -0.15) is 0 Å². The van der Waals surface area contributed by atoms with Crippen molar-refractivity contribution < 1.29 is 14.6 Å². The minimum atomic E-state index is -0.314. The van der Waals surface area contributed by atoms with Gasteiger partial charge in [0.1, 0.15) is 6.61 Å². The number of carbonyl (C=O) groups excluding carboxylic acids is 1. The van der Waals surface area contributed by atoms with Gasteiger partial charge in [0.2, 0.25) is 0 Å². The third-order valence-electron chi connectivity index (χ3n) is 2.24. The Morgan fingerprint density at radius 3 is 2.82 bits per heavy atom. The number of aliphatic hydroxyl groups is 1. The van der Waals surface area contributed by atoms with Crippen molar-refractivity contribution in [2.45, 2.75) is 18.9 Å². The molecule has 1 unspecified atom stereocenters. The van der Waals surface area contributed by atoms with Gasteiger partial charge in [0.25, 0.3) is 0 Å². The summed E-state index contributed by atoms with van der Waals surface area (Å²) in [4.78, 5) is 12.4. The zero-order valence-electron chi connectivity index (χ0n) is 6.83. The number of hydrogen-bond acceptors (Lipinski definition) is 3. The Hall–Kier alpha value is -0.770. The summed E-state index contributed by atoms with van der Waals surface area (Å²) in [6, 6.07) is 0. The first-order valence-electron chi connectivity index (χ1n) is 3.61. The molecule has 1 N–H and O–H groups in total. The van der Waals surface area contributed by atoms with Crippen LogP contribution >= 0.6 is 0 Å². The maximum absolute atomic E-state index is 10.9. The molecule has 0 aromatic rings. The lowest BCUT2D eigenvalue weighted by atomic mass is 9.99. The van der Waals surface area contributed by atoms with E-state index in [1.54, 1.807) is 7.05 Å². The van der Waals surface area contributed by atoms with Crippen molar-refractivity contribution in [1.82, 2.24) is 4.90 Å². The lowest BCUT2D eigenvalue weighted by Gasteiger charge is -2.27. The Labute approximate surface area is 65.8 Å². The fraction of sp³-hybridized carbons (Fsp3) is 0.857. The smallest absolute Gasteiger partial charge is 0.410 e. The Morgan fingerprint density at radius 1 is 1.82 bits per heavy atom. The van der Waals surface area contributed by atoms with Gasteiger partial charge >= 0.3 is 6.09 Å². The van der Waals surface area contributed by atoms with Gasteiger partial charge in [-0.1, -0.05) is 0 Å². The molecule has 1 rings (SSSR count). The lowest BCUT2D eigenvalue weighted by Crippen LogP contribution is -2.42. The number of hydrogen-bond donors (Lipinski definition) is 1. The van der Waals surface area contributed by atoms with Gasteiger partial charge < -0.3 is 14.7 Å². The van der Waals surface area contributed by atoms with Gasteiger partial charge in [-0.25, -0.2) is 4.79 Å². The normalized spacial score (nSPS) is 30.8. The van der Waals surface area contributed by atoms with Crippen molar-refractivity contribution in [3.05, 3.63) is 0 Å². The van der Waals surface area contributed by atoms with Gasteiger partial charge in [-0.05, 0) is 13.3 Å². The molecule has 1 saturated heterocycles. The number of rotatable bonds is 2. The van der Waals surface area contributed by atoms with Crippen molar-refractivity contribution >= 4 is 6.09 Å². The number of nitrogens with zero attached hydrogens (tertiary/aromatic N) is 1. The van der Waals surface area contributed by atoms with E-state index in [4.69, 9.17) is 9.84 Å². The summed E-state index contributed by atoms with van der Waals surface area (Å²) in [6.45, 7) is 2.36. The zero-order chi connectivity index (χ0) is 8.48. The zero-order valence-corrected chi connectivity index (χ0v) is 6.83. The van der Waals surface area contributed by atoms with Gasteiger partial charge in [-0.15, -0.1) is 0 Å². The molecule has 0 bridgehead atoms. The summed E-state index contributed by atoms with van der Waals surface area (Å²) in [5.74, 6) is 0. The number of cyclic esters (lactones) is 1. The van der Waals surface area contributed by atoms with E-state index in [2.05, 4.69) is 0 Å². The van der Waals surface area contributed by atoms with Crippen molar-refractivity contribution in [2.75, 3.05) is 20.3 Å². The number of amides is 1. The van der Waals surface area contributed by atoms with Crippen molar-refractivity contribution in [3.63, 3.8) is 0 Å². The second-order valence-electron chi connectivity index (χ2n) is 3.08. The molecule has 4 heteroatoms. The van der Waals surface area contributed by atoms with E-state index in [1.807, 2.05) is 6.92 Å². The van der Waals surface area contributed by atoms with Crippen LogP contribution in [0, 0.1) is 0 Å². The van der Waals surface area contributed by atoms with E-state index >= 15 is 0 Å². The van der Waals surface area contributed by atoms with E-state index in [-0.39, 0.29) is 18.2 Å². The molecule has 0 spiro atoms. The number of ether oxygens (including phenoxy) is 1. The van der Waals surface area contributed by atoms with Crippen LogP contribution in [0.4, 0.5) is 4.79 Å². The second-order valence-corrected chi connectivity index (χ2v) is 3.08. The number of likely N-dealkylation sites (N-methyl/N-ethyl adjacent to an activating group) is 1. The molecule has 11 heavy (non-hydrogen) atoms. The van der Waals surface area contributed by atoms with Gasteiger partial charge in [0, 0.05) is 13.7 Å². The molecule has 64 valence electrons. The summed E-state index contributed by atoms with van der Waals surface area (Å²) in [5.41, 5.74) is -0.314. The standard InChI is InChI=1S/C7H13NO3/c1-7(3-4-9)5-11-6(10)8(7)2/h9H,3-5H2,1-2H3. The molecule has 1 aliphatic rings. The molecular weight excluding hydrogens is 146 g/mol. The SMILES string of the molecule is CN1C(=O)OCC1(C)CCO. The molecule has 1 aliphatic heterocycles. The molecule has 1 amide bonds. The first-order chi connectivity index (χ1) is 5.10. The van der Waals surface area contributed by atoms with E-state index in [9.17, 15) is 4.79 Å². The summed E-state index contributed by atoms with van der Waals surface area (Å²) in [7, 11) is 1.69. The highest BCUT2D eigenvalue weighted by atomic mass is 16.6. The Bertz CT molecular complexity index is 171. The van der Waals surface area contributed by atoms with Crippen LogP contribution in [0.1, 0.15) is 13.3 Å². The number of aliphatic hydroxyl groups excluding tert-OH is 1. The molecule has 4 nitrogen and oxygen atoms in total. The van der Waals surface area contributed by atoms with Crippen LogP contribution in [0.25, 0.3) is 0 Å². The summed E-state index contributed by atoms with van der Waals surface area (Å²) >= 11 is 0. The highest BCUT2D eigenvalue weighted by Gasteiger charge is 2.40. The van der Waals surface area contributed by atoms with Crippen LogP contribution in [0.5, 0.6) is 0 Å². The van der Waals surface area contributed by atoms with E-state index in [0.717, 1.165) is 0 Å². The van der Waals surface area contributed by atoms with Crippen LogP contribution in [0.2, 0.25) is 0 Å². The van der Waals surface area contributed by atoms with E-state index in [0.29, 0.717) is 13.0 Å². The average Bonchev–Trinajstić information content (AvgIpc) is 2.19. The quantitative estimate of drug-likeness (QED) is 0.626. The minimum Gasteiger partial charge on any atom is -0.447 e. The van der Waals surface area contributed by atoms with Crippen LogP contribution in [0.3, 0.4) is 0 Å². The van der Waals surface area contributed by atoms with Crippen LogP contribution in [-0.4, -0.2) is 41.9 Å². The topological polar surface area (TPSA) is 49.8 Å². The molecular formula is C7H13NO3. The second kappa shape index (κ2) is 2.70. The molecule has 1 heterocycles. The molecule has 1 atom stereocenters. The van der Waals surface area contributed by atoms with Gasteiger partial charge in [-0.3, -0.25) is 0 Å². The summed E-state index contributed by atoms with van der Waals surface area (Å²) in [5, 5.41) is 8.70. The molecule has 0 saturated carbocycles. The molecule has 0 aliphatic carbocycles. The predicted octanol–water partition coefficient (Wildman–Crippen LogP) is 0.209.